The fourth-order valence-corrected chi connectivity index (χ4v) is 9.18. The number of ketones is 1. The molecule has 0 aromatic heterocycles. The average molecular weight is 679 g/mol. The van der Waals surface area contributed by atoms with E-state index in [0.29, 0.717) is 0 Å². The van der Waals surface area contributed by atoms with Crippen molar-refractivity contribution in [2.45, 2.75) is 104 Å². The number of carbonyl (C=O) groups is 5. The van der Waals surface area contributed by atoms with E-state index in [1.165, 1.54) is 13.8 Å². The second-order valence-electron chi connectivity index (χ2n) is 14.8. The number of aliphatic hydroxyl groups excluding tert-OH is 1. The van der Waals surface area contributed by atoms with Crippen molar-refractivity contribution in [3.8, 4) is 0 Å². The first kappa shape index (κ1) is 36.2. The lowest BCUT2D eigenvalue weighted by Gasteiger charge is -2.69. The minimum Gasteiger partial charge on any atom is -0.459 e. The second-order valence-corrected chi connectivity index (χ2v) is 14.8. The Morgan fingerprint density at radius 2 is 1.29 bits per heavy atom. The number of benzene rings is 2. The van der Waals surface area contributed by atoms with Gasteiger partial charge in [0.2, 0.25) is 0 Å². The summed E-state index contributed by atoms with van der Waals surface area (Å²) >= 11 is 0. The summed E-state index contributed by atoms with van der Waals surface area (Å²) in [6.07, 6.45) is -6.80. The summed E-state index contributed by atoms with van der Waals surface area (Å²) in [6, 6.07) is 16.4. The average Bonchev–Trinajstić information content (AvgIpc) is 3.05. The Labute approximate surface area is 286 Å². The van der Waals surface area contributed by atoms with E-state index in [4.69, 9.17) is 18.9 Å². The molecule has 10 atom stereocenters. The van der Waals surface area contributed by atoms with Gasteiger partial charge < -0.3 is 29.2 Å². The molecule has 11 nitrogen and oxygen atoms in total. The zero-order chi connectivity index (χ0) is 36.1. The first-order chi connectivity index (χ1) is 22.9. The Balaban J connectivity index is 1.77. The quantitative estimate of drug-likeness (QED) is 0.314. The van der Waals surface area contributed by atoms with Crippen LogP contribution in [0.3, 0.4) is 0 Å². The fraction of sp³-hybridized carbons (Fsp3) is 0.553. The molecule has 0 amide bonds. The molecule has 3 aliphatic carbocycles. The molecule has 2 aromatic rings. The van der Waals surface area contributed by atoms with E-state index in [2.05, 4.69) is 0 Å². The molecule has 0 spiro atoms. The first-order valence-electron chi connectivity index (χ1n) is 16.7. The van der Waals surface area contributed by atoms with Crippen molar-refractivity contribution < 1.29 is 53.1 Å². The van der Waals surface area contributed by atoms with E-state index in [0.717, 1.165) is 0 Å². The number of Topliss-reactive ketones (excluding diaryl/α,β-unsaturated/α-hetero) is 1. The molecular weight excluding hydrogens is 632 g/mol. The summed E-state index contributed by atoms with van der Waals surface area (Å²) in [4.78, 5) is 67.3. The number of ether oxygens (including phenoxy) is 4. The van der Waals surface area contributed by atoms with Gasteiger partial charge in [0.25, 0.3) is 0 Å². The van der Waals surface area contributed by atoms with Crippen LogP contribution >= 0.6 is 0 Å². The van der Waals surface area contributed by atoms with Gasteiger partial charge in [0.05, 0.1) is 11.1 Å². The fourth-order valence-electron chi connectivity index (χ4n) is 9.18. The Kier molecular flexibility index (Phi) is 9.59. The van der Waals surface area contributed by atoms with Crippen LogP contribution in [0.1, 0.15) is 88.4 Å². The van der Waals surface area contributed by atoms with Crippen molar-refractivity contribution in [3.63, 3.8) is 0 Å². The summed E-state index contributed by atoms with van der Waals surface area (Å²) in [6.45, 7) is 11.1. The van der Waals surface area contributed by atoms with Crippen LogP contribution in [-0.2, 0) is 33.3 Å². The molecule has 49 heavy (non-hydrogen) atoms. The molecule has 2 N–H and O–H groups in total. The van der Waals surface area contributed by atoms with Gasteiger partial charge in [0.1, 0.15) is 30.5 Å². The zero-order valence-corrected chi connectivity index (χ0v) is 29.0. The summed E-state index contributed by atoms with van der Waals surface area (Å²) in [5.74, 6) is -5.63. The molecule has 0 aliphatic heterocycles. The molecule has 0 saturated heterocycles. The molecule has 3 fully saturated rings. The third-order valence-electron chi connectivity index (χ3n) is 11.5. The van der Waals surface area contributed by atoms with Gasteiger partial charge >= 0.3 is 23.9 Å². The molecule has 0 radical (unpaired) electrons. The van der Waals surface area contributed by atoms with Crippen LogP contribution < -0.4 is 0 Å². The topological polar surface area (TPSA) is 163 Å². The lowest BCUT2D eigenvalue weighted by molar-refractivity contribution is -0.314. The van der Waals surface area contributed by atoms with Crippen LogP contribution in [0.4, 0.5) is 0 Å². The van der Waals surface area contributed by atoms with Gasteiger partial charge in [-0.15, -0.1) is 0 Å². The Morgan fingerprint density at radius 1 is 0.776 bits per heavy atom. The molecule has 0 heterocycles. The molecule has 264 valence electrons. The number of rotatable bonds is 7. The number of fused-ring (bicyclic) bond motifs is 3. The molecule has 11 heteroatoms. The van der Waals surface area contributed by atoms with Gasteiger partial charge in [-0.1, -0.05) is 71.0 Å². The van der Waals surface area contributed by atoms with Gasteiger partial charge in [-0.3, -0.25) is 14.4 Å². The Hall–Kier alpha value is -4.09. The minimum atomic E-state index is -2.44. The molecule has 5 rings (SSSR count). The monoisotopic (exact) mass is 678 g/mol. The Bertz CT molecular complexity index is 1610. The third kappa shape index (κ3) is 5.94. The number of carbonyl (C=O) groups excluding carboxylic acids is 5. The maximum atomic E-state index is 14.7. The number of esters is 4. The molecule has 3 aliphatic rings. The lowest BCUT2D eigenvalue weighted by Crippen LogP contribution is -2.80. The van der Waals surface area contributed by atoms with Gasteiger partial charge in [0.15, 0.2) is 11.4 Å². The Morgan fingerprint density at radius 3 is 1.78 bits per heavy atom. The predicted octanol–water partition coefficient (Wildman–Crippen LogP) is 4.46. The van der Waals surface area contributed by atoms with E-state index in [1.807, 2.05) is 0 Å². The van der Waals surface area contributed by atoms with Gasteiger partial charge in [-0.25, -0.2) is 9.59 Å². The van der Waals surface area contributed by atoms with Gasteiger partial charge in [-0.05, 0) is 49.4 Å². The molecule has 2 aromatic carbocycles. The van der Waals surface area contributed by atoms with Crippen LogP contribution in [0.25, 0.3) is 0 Å². The molecule has 3 saturated carbocycles. The SMILES string of the molecule is CC[C@@]1(C)C[C@@H](OC(=O)c2ccccc2)[C@H]2[C@](O)(C1=O)[C@H](OC(C)=O)C[C@H]1C(C)(C)[C@H](OC(C)=O)[C@H](O)[C@H](OC(=O)c3ccccc3)[C@@]12C. The van der Waals surface area contributed by atoms with Crippen molar-refractivity contribution in [2.24, 2.45) is 28.1 Å². The molecular formula is C38H46O11. The van der Waals surface area contributed by atoms with Crippen molar-refractivity contribution in [3.05, 3.63) is 71.8 Å². The lowest BCUT2D eigenvalue weighted by atomic mass is 9.38. The van der Waals surface area contributed by atoms with Gasteiger partial charge in [0, 0.05) is 36.0 Å². The maximum absolute atomic E-state index is 14.7. The van der Waals surface area contributed by atoms with Crippen molar-refractivity contribution >= 4 is 29.7 Å². The first-order valence-corrected chi connectivity index (χ1v) is 16.7. The van der Waals surface area contributed by atoms with Crippen molar-refractivity contribution in [2.75, 3.05) is 0 Å². The van der Waals surface area contributed by atoms with Crippen molar-refractivity contribution in [1.29, 1.82) is 0 Å². The van der Waals surface area contributed by atoms with Crippen LogP contribution in [0.15, 0.2) is 60.7 Å². The molecule has 0 bridgehead atoms. The van der Waals surface area contributed by atoms with E-state index in [1.54, 1.807) is 95.3 Å². The molecule has 0 unspecified atom stereocenters. The predicted molar refractivity (Wildman–Crippen MR) is 175 cm³/mol. The summed E-state index contributed by atoms with van der Waals surface area (Å²) in [5.41, 5.74) is -5.88. The van der Waals surface area contributed by atoms with E-state index < -0.39 is 93.9 Å². The van der Waals surface area contributed by atoms with Crippen molar-refractivity contribution in [1.82, 2.24) is 0 Å². The zero-order valence-electron chi connectivity index (χ0n) is 29.0. The number of hydrogen-bond acceptors (Lipinski definition) is 11. The van der Waals surface area contributed by atoms with Crippen LogP contribution in [-0.4, -0.2) is 76.0 Å². The highest BCUT2D eigenvalue weighted by molar-refractivity contribution is 5.95. The second kappa shape index (κ2) is 13.0. The smallest absolute Gasteiger partial charge is 0.338 e. The summed E-state index contributed by atoms with van der Waals surface area (Å²) in [5, 5.41) is 25.1. The highest BCUT2D eigenvalue weighted by atomic mass is 16.6. The normalized spacial score (nSPS) is 36.3. The number of aliphatic hydroxyl groups is 2. The highest BCUT2D eigenvalue weighted by Gasteiger charge is 2.78. The standard InChI is InChI=1S/C38H46O11/c1-8-36(6)20-25(48-32(42)23-15-11-9-12-16-23)29-37(7)26(19-27(46-21(2)39)38(29,45)34(36)44)35(4,5)30(47-22(3)40)28(41)31(37)49-33(43)24-17-13-10-14-18-24/h9-18,25-31,41,45H,8,19-20H2,1-7H3/t25-,26+,27-,28+,29-,30-,31+,36+,37+,38+/m1/s1. The van der Waals surface area contributed by atoms with E-state index in [9.17, 15) is 34.2 Å². The minimum absolute atomic E-state index is 0.00770. The van der Waals surface area contributed by atoms with E-state index >= 15 is 0 Å². The highest BCUT2D eigenvalue weighted by Crippen LogP contribution is 2.67. The maximum Gasteiger partial charge on any atom is 0.338 e. The summed E-state index contributed by atoms with van der Waals surface area (Å²) in [7, 11) is 0. The number of hydrogen-bond donors (Lipinski definition) is 2. The summed E-state index contributed by atoms with van der Waals surface area (Å²) < 4.78 is 24.0. The van der Waals surface area contributed by atoms with E-state index in [-0.39, 0.29) is 30.4 Å². The largest absolute Gasteiger partial charge is 0.459 e. The third-order valence-corrected chi connectivity index (χ3v) is 11.5. The van der Waals surface area contributed by atoms with Crippen LogP contribution in [0.5, 0.6) is 0 Å². The van der Waals surface area contributed by atoms with Gasteiger partial charge in [-0.2, -0.15) is 0 Å². The van der Waals surface area contributed by atoms with Crippen LogP contribution in [0, 0.1) is 28.1 Å². The van der Waals surface area contributed by atoms with Crippen LogP contribution in [0.2, 0.25) is 0 Å².